The van der Waals surface area contributed by atoms with Gasteiger partial charge in [0, 0.05) is 49.4 Å². The summed E-state index contributed by atoms with van der Waals surface area (Å²) in [6.07, 6.45) is 8.07. The zero-order valence-corrected chi connectivity index (χ0v) is 18.7. The Labute approximate surface area is 184 Å². The summed E-state index contributed by atoms with van der Waals surface area (Å²) in [6.45, 7) is 9.20. The number of hydrogen-bond acceptors (Lipinski definition) is 4. The van der Waals surface area contributed by atoms with Crippen molar-refractivity contribution in [2.75, 3.05) is 37.6 Å². The summed E-state index contributed by atoms with van der Waals surface area (Å²) in [4.78, 5) is 17.6. The van der Waals surface area contributed by atoms with Crippen LogP contribution in [0.25, 0.3) is 0 Å². The van der Waals surface area contributed by atoms with Crippen molar-refractivity contribution in [2.45, 2.75) is 39.2 Å². The number of halogens is 1. The molecule has 160 valence electrons. The maximum Gasteiger partial charge on any atom is 0.311 e. The highest BCUT2D eigenvalue weighted by molar-refractivity contribution is 6.30. The SMILES string of the molecule is CC1=CCC[C@@]2(C)C[C@H]3OC(=O)[C@@H](CN4CCN(c5cccc(Cl)c5)CC4)[C@@H]3C=C12. The molecule has 0 amide bonds. The predicted molar refractivity (Wildman–Crippen MR) is 121 cm³/mol. The molecule has 5 rings (SSSR count). The summed E-state index contributed by atoms with van der Waals surface area (Å²) < 4.78 is 5.92. The number of nitrogens with zero attached hydrogens (tertiary/aromatic N) is 2. The Balaban J connectivity index is 1.27. The van der Waals surface area contributed by atoms with E-state index in [9.17, 15) is 4.79 Å². The Morgan fingerprint density at radius 1 is 1.23 bits per heavy atom. The Hall–Kier alpha value is -1.78. The fourth-order valence-electron chi connectivity index (χ4n) is 5.98. The van der Waals surface area contributed by atoms with E-state index in [1.807, 2.05) is 18.2 Å². The number of ether oxygens (including phenoxy) is 1. The minimum absolute atomic E-state index is 0.00278. The maximum absolute atomic E-state index is 12.8. The molecule has 0 radical (unpaired) electrons. The van der Waals surface area contributed by atoms with E-state index in [1.165, 1.54) is 16.8 Å². The van der Waals surface area contributed by atoms with Gasteiger partial charge in [-0.2, -0.15) is 0 Å². The largest absolute Gasteiger partial charge is 0.461 e. The van der Waals surface area contributed by atoms with Gasteiger partial charge in [0.1, 0.15) is 6.10 Å². The van der Waals surface area contributed by atoms with E-state index >= 15 is 0 Å². The van der Waals surface area contributed by atoms with Gasteiger partial charge in [-0.05, 0) is 55.4 Å². The number of rotatable bonds is 3. The van der Waals surface area contributed by atoms with Crippen LogP contribution >= 0.6 is 11.6 Å². The standard InChI is InChI=1S/C25H31ClN2O2/c1-17-5-4-8-25(2)15-23-20(14-22(17)25)21(24(29)30-23)16-27-9-11-28(12-10-27)19-7-3-6-18(26)13-19/h3,5-7,13-14,20-21,23H,4,8-12,15-16H2,1-2H3/t20-,21-,23+,25-/m0/s1. The normalized spacial score (nSPS) is 34.0. The average Bonchev–Trinajstić information content (AvgIpc) is 3.01. The molecule has 2 heterocycles. The van der Waals surface area contributed by atoms with E-state index in [0.717, 1.165) is 57.0 Å². The van der Waals surface area contributed by atoms with Crippen molar-refractivity contribution in [3.63, 3.8) is 0 Å². The molecule has 0 bridgehead atoms. The van der Waals surface area contributed by atoms with Crippen LogP contribution in [0.1, 0.15) is 33.1 Å². The van der Waals surface area contributed by atoms with E-state index < -0.39 is 0 Å². The summed E-state index contributed by atoms with van der Waals surface area (Å²) >= 11 is 6.16. The molecule has 1 aromatic carbocycles. The van der Waals surface area contributed by atoms with Crippen LogP contribution in [0.4, 0.5) is 5.69 Å². The van der Waals surface area contributed by atoms with Crippen molar-refractivity contribution in [1.82, 2.24) is 4.90 Å². The van der Waals surface area contributed by atoms with Crippen molar-refractivity contribution in [1.29, 1.82) is 0 Å². The van der Waals surface area contributed by atoms with Gasteiger partial charge in [-0.25, -0.2) is 0 Å². The summed E-state index contributed by atoms with van der Waals surface area (Å²) in [7, 11) is 0. The molecule has 30 heavy (non-hydrogen) atoms. The van der Waals surface area contributed by atoms with E-state index in [2.05, 4.69) is 41.9 Å². The van der Waals surface area contributed by atoms with Gasteiger partial charge in [-0.1, -0.05) is 42.3 Å². The zero-order chi connectivity index (χ0) is 20.9. The number of allylic oxidation sites excluding steroid dienone is 3. The zero-order valence-electron chi connectivity index (χ0n) is 17.9. The van der Waals surface area contributed by atoms with Crippen molar-refractivity contribution >= 4 is 23.3 Å². The quantitative estimate of drug-likeness (QED) is 0.656. The third kappa shape index (κ3) is 3.58. The summed E-state index contributed by atoms with van der Waals surface area (Å²) in [5.74, 6) is 0.176. The van der Waals surface area contributed by atoms with Crippen LogP contribution in [0, 0.1) is 17.3 Å². The van der Waals surface area contributed by atoms with Gasteiger partial charge in [0.05, 0.1) is 5.92 Å². The minimum atomic E-state index is -0.0421. The second-order valence-electron chi connectivity index (χ2n) is 9.70. The Morgan fingerprint density at radius 2 is 2.03 bits per heavy atom. The van der Waals surface area contributed by atoms with Crippen molar-refractivity contribution in [3.05, 3.63) is 52.6 Å². The number of hydrogen-bond donors (Lipinski definition) is 0. The molecule has 2 fully saturated rings. The summed E-state index contributed by atoms with van der Waals surface area (Å²) in [5.41, 5.74) is 4.20. The molecule has 0 saturated carbocycles. The molecule has 0 aromatic heterocycles. The number of esters is 1. The second kappa shape index (κ2) is 7.72. The van der Waals surface area contributed by atoms with Gasteiger partial charge in [-0.15, -0.1) is 0 Å². The molecule has 4 nitrogen and oxygen atoms in total. The second-order valence-corrected chi connectivity index (χ2v) is 10.1. The van der Waals surface area contributed by atoms with Crippen LogP contribution in [0.3, 0.4) is 0 Å². The van der Waals surface area contributed by atoms with Crippen LogP contribution in [0.5, 0.6) is 0 Å². The third-order valence-corrected chi connectivity index (χ3v) is 7.93. The van der Waals surface area contributed by atoms with E-state index in [-0.39, 0.29) is 29.3 Å². The first-order chi connectivity index (χ1) is 14.4. The van der Waals surface area contributed by atoms with Crippen LogP contribution in [0.2, 0.25) is 5.02 Å². The van der Waals surface area contributed by atoms with Crippen LogP contribution in [0.15, 0.2) is 47.6 Å². The number of carbonyl (C=O) groups is 1. The number of benzene rings is 1. The maximum atomic E-state index is 12.8. The molecule has 4 aliphatic rings. The molecule has 0 spiro atoms. The minimum Gasteiger partial charge on any atom is -0.461 e. The Bertz CT molecular complexity index is 902. The molecule has 2 aliphatic heterocycles. The fraction of sp³-hybridized carbons (Fsp3) is 0.560. The molecular formula is C25H31ClN2O2. The molecule has 0 N–H and O–H groups in total. The monoisotopic (exact) mass is 426 g/mol. The van der Waals surface area contributed by atoms with Crippen molar-refractivity contribution in [3.8, 4) is 0 Å². The van der Waals surface area contributed by atoms with Crippen molar-refractivity contribution < 1.29 is 9.53 Å². The van der Waals surface area contributed by atoms with Gasteiger partial charge in [0.25, 0.3) is 0 Å². The van der Waals surface area contributed by atoms with Gasteiger partial charge < -0.3 is 9.64 Å². The Morgan fingerprint density at radius 3 is 2.80 bits per heavy atom. The fourth-order valence-corrected chi connectivity index (χ4v) is 6.16. The Kier molecular flexibility index (Phi) is 5.19. The van der Waals surface area contributed by atoms with Gasteiger partial charge in [0.15, 0.2) is 0 Å². The number of carbonyl (C=O) groups excluding carboxylic acids is 1. The van der Waals surface area contributed by atoms with E-state index in [1.54, 1.807) is 0 Å². The molecule has 5 heteroatoms. The van der Waals surface area contributed by atoms with E-state index in [0.29, 0.717) is 0 Å². The molecule has 0 unspecified atom stereocenters. The molecule has 1 aromatic rings. The topological polar surface area (TPSA) is 32.8 Å². The molecule has 2 aliphatic carbocycles. The molecule has 4 atom stereocenters. The highest BCUT2D eigenvalue weighted by Crippen LogP contribution is 2.52. The van der Waals surface area contributed by atoms with Gasteiger partial charge in [-0.3, -0.25) is 9.69 Å². The predicted octanol–water partition coefficient (Wildman–Crippen LogP) is 4.70. The lowest BCUT2D eigenvalue weighted by Crippen LogP contribution is -2.49. The van der Waals surface area contributed by atoms with Gasteiger partial charge in [0.2, 0.25) is 0 Å². The molecule has 2 saturated heterocycles. The molecular weight excluding hydrogens is 396 g/mol. The van der Waals surface area contributed by atoms with Gasteiger partial charge >= 0.3 is 5.97 Å². The number of piperazine rings is 1. The smallest absolute Gasteiger partial charge is 0.311 e. The first kappa shape index (κ1) is 20.1. The van der Waals surface area contributed by atoms with Crippen LogP contribution < -0.4 is 4.90 Å². The summed E-state index contributed by atoms with van der Waals surface area (Å²) in [6, 6.07) is 8.06. The van der Waals surface area contributed by atoms with Crippen molar-refractivity contribution in [2.24, 2.45) is 17.3 Å². The first-order valence-corrected chi connectivity index (χ1v) is 11.6. The van der Waals surface area contributed by atoms with Crippen LogP contribution in [-0.2, 0) is 9.53 Å². The summed E-state index contributed by atoms with van der Waals surface area (Å²) in [5, 5.41) is 0.777. The first-order valence-electron chi connectivity index (χ1n) is 11.3. The lowest BCUT2D eigenvalue weighted by Gasteiger charge is -2.43. The van der Waals surface area contributed by atoms with Crippen LogP contribution in [-0.4, -0.2) is 49.7 Å². The highest BCUT2D eigenvalue weighted by atomic mass is 35.5. The third-order valence-electron chi connectivity index (χ3n) is 7.70. The lowest BCUT2D eigenvalue weighted by molar-refractivity contribution is -0.145. The van der Waals surface area contributed by atoms with E-state index in [4.69, 9.17) is 16.3 Å². The average molecular weight is 427 g/mol. The highest BCUT2D eigenvalue weighted by Gasteiger charge is 2.51. The number of fused-ring (bicyclic) bond motifs is 2. The lowest BCUT2D eigenvalue weighted by atomic mass is 9.62. The number of anilines is 1.